The van der Waals surface area contributed by atoms with Gasteiger partial charge in [0.05, 0.1) is 18.0 Å². The van der Waals surface area contributed by atoms with Gasteiger partial charge in [-0.3, -0.25) is 0 Å². The summed E-state index contributed by atoms with van der Waals surface area (Å²) in [6.45, 7) is 2.26. The maximum Gasteiger partial charge on any atom is 0.144 e. The molecular weight excluding hydrogens is 256 g/mol. The fraction of sp³-hybridized carbons (Fsp3) is 0.333. The van der Waals surface area contributed by atoms with Crippen molar-refractivity contribution in [1.29, 1.82) is 5.26 Å². The van der Waals surface area contributed by atoms with Crippen LogP contribution in [0.15, 0.2) is 27.8 Å². The van der Waals surface area contributed by atoms with Gasteiger partial charge in [0.1, 0.15) is 16.8 Å². The number of rotatable bonds is 2. The zero-order valence-electron chi connectivity index (χ0n) is 10.7. The Labute approximate surface area is 116 Å². The number of hydrogen-bond donors (Lipinski definition) is 0. The highest BCUT2D eigenvalue weighted by molar-refractivity contribution is 7.16. The summed E-state index contributed by atoms with van der Waals surface area (Å²) in [5.74, 6) is 1.42. The van der Waals surface area contributed by atoms with E-state index in [4.69, 9.17) is 4.42 Å². The molecule has 0 radical (unpaired) electrons. The summed E-state index contributed by atoms with van der Waals surface area (Å²) >= 11 is 1.65. The van der Waals surface area contributed by atoms with E-state index in [0.717, 1.165) is 23.4 Å². The molecule has 0 bridgehead atoms. The highest BCUT2D eigenvalue weighted by atomic mass is 32.1. The summed E-state index contributed by atoms with van der Waals surface area (Å²) in [5.41, 5.74) is 1.98. The fourth-order valence-electron chi connectivity index (χ4n) is 2.43. The van der Waals surface area contributed by atoms with E-state index in [1.165, 1.54) is 16.9 Å². The minimum absolute atomic E-state index is 0.708. The highest BCUT2D eigenvalue weighted by Crippen LogP contribution is 2.40. The van der Waals surface area contributed by atoms with Gasteiger partial charge in [-0.15, -0.1) is 11.3 Å². The second-order valence-corrected chi connectivity index (χ2v) is 6.00. The first kappa shape index (κ1) is 12.2. The smallest absolute Gasteiger partial charge is 0.144 e. The maximum absolute atomic E-state index is 9.35. The van der Waals surface area contributed by atoms with Crippen LogP contribution < -0.4 is 0 Å². The van der Waals surface area contributed by atoms with Crippen LogP contribution in [0.2, 0.25) is 0 Å². The Bertz CT molecular complexity index is 646. The molecule has 2 aromatic heterocycles. The maximum atomic E-state index is 9.35. The Morgan fingerprint density at radius 1 is 1.58 bits per heavy atom. The summed E-state index contributed by atoms with van der Waals surface area (Å²) in [6.07, 6.45) is 6.55. The molecule has 2 aromatic rings. The first-order valence-electron chi connectivity index (χ1n) is 6.40. The van der Waals surface area contributed by atoms with Crippen LogP contribution in [0.25, 0.3) is 0 Å². The predicted octanol–water partition coefficient (Wildman–Crippen LogP) is 4.09. The summed E-state index contributed by atoms with van der Waals surface area (Å²) < 4.78 is 5.22. The average Bonchev–Trinajstić information content (AvgIpc) is 3.02. The Hall–Kier alpha value is -1.86. The second-order valence-electron chi connectivity index (χ2n) is 4.92. The largest absolute Gasteiger partial charge is 0.463 e. The number of hydrogen-bond acceptors (Lipinski definition) is 4. The fourth-order valence-corrected chi connectivity index (χ4v) is 3.73. The van der Waals surface area contributed by atoms with Crippen LogP contribution in [0.1, 0.15) is 35.1 Å². The molecule has 96 valence electrons. The summed E-state index contributed by atoms with van der Waals surface area (Å²) in [7, 11) is 0. The summed E-state index contributed by atoms with van der Waals surface area (Å²) in [4.78, 5) is 5.76. The first-order chi connectivity index (χ1) is 9.28. The van der Waals surface area contributed by atoms with Crippen molar-refractivity contribution < 1.29 is 4.42 Å². The van der Waals surface area contributed by atoms with Crippen molar-refractivity contribution in [2.24, 2.45) is 10.9 Å². The zero-order chi connectivity index (χ0) is 13.2. The summed E-state index contributed by atoms with van der Waals surface area (Å²) in [5, 5.41) is 10.2. The van der Waals surface area contributed by atoms with E-state index >= 15 is 0 Å². The third-order valence-electron chi connectivity index (χ3n) is 3.46. The zero-order valence-corrected chi connectivity index (χ0v) is 11.5. The molecule has 1 atom stereocenters. The Balaban J connectivity index is 1.96. The molecule has 0 aliphatic heterocycles. The number of thiophene rings is 1. The molecule has 1 aliphatic carbocycles. The molecule has 3 rings (SSSR count). The molecule has 1 aliphatic rings. The molecular formula is C15H14N2OS. The molecule has 0 saturated heterocycles. The second kappa shape index (κ2) is 5.02. The van der Waals surface area contributed by atoms with Crippen molar-refractivity contribution in [2.75, 3.05) is 0 Å². The molecule has 0 spiro atoms. The first-order valence-corrected chi connectivity index (χ1v) is 7.21. The van der Waals surface area contributed by atoms with Gasteiger partial charge in [0, 0.05) is 4.88 Å². The number of nitriles is 1. The Morgan fingerprint density at radius 2 is 2.47 bits per heavy atom. The summed E-state index contributed by atoms with van der Waals surface area (Å²) in [6, 6.07) is 5.99. The van der Waals surface area contributed by atoms with Gasteiger partial charge in [-0.1, -0.05) is 6.92 Å². The van der Waals surface area contributed by atoms with Crippen LogP contribution in [0.4, 0.5) is 5.00 Å². The quantitative estimate of drug-likeness (QED) is 0.772. The third kappa shape index (κ3) is 2.34. The SMILES string of the molecule is C[C@H]1CCc2c(sc(N=Cc3ccco3)c2C#N)C1. The van der Waals surface area contributed by atoms with Crippen LogP contribution in [-0.2, 0) is 12.8 Å². The van der Waals surface area contributed by atoms with Crippen LogP contribution in [0.5, 0.6) is 0 Å². The molecule has 19 heavy (non-hydrogen) atoms. The molecule has 0 unspecified atom stereocenters. The van der Waals surface area contributed by atoms with Gasteiger partial charge in [-0.05, 0) is 42.9 Å². The van der Waals surface area contributed by atoms with E-state index in [9.17, 15) is 5.26 Å². The van der Waals surface area contributed by atoms with Crippen LogP contribution >= 0.6 is 11.3 Å². The van der Waals surface area contributed by atoms with E-state index in [1.807, 2.05) is 12.1 Å². The molecule has 0 saturated carbocycles. The van der Waals surface area contributed by atoms with E-state index < -0.39 is 0 Å². The van der Waals surface area contributed by atoms with E-state index in [2.05, 4.69) is 18.0 Å². The minimum Gasteiger partial charge on any atom is -0.463 e. The van der Waals surface area contributed by atoms with E-state index in [1.54, 1.807) is 23.8 Å². The van der Waals surface area contributed by atoms with Gasteiger partial charge < -0.3 is 4.42 Å². The van der Waals surface area contributed by atoms with Gasteiger partial charge in [-0.2, -0.15) is 5.26 Å². The van der Waals surface area contributed by atoms with Crippen LogP contribution in [0, 0.1) is 17.2 Å². The number of furan rings is 1. The van der Waals surface area contributed by atoms with Crippen LogP contribution in [-0.4, -0.2) is 6.21 Å². The van der Waals surface area contributed by atoms with Crippen molar-refractivity contribution >= 4 is 22.6 Å². The average molecular weight is 270 g/mol. The third-order valence-corrected chi connectivity index (χ3v) is 4.62. The molecule has 3 nitrogen and oxygen atoms in total. The molecule has 2 heterocycles. The lowest BCUT2D eigenvalue weighted by Crippen LogP contribution is -2.09. The Morgan fingerprint density at radius 3 is 3.21 bits per heavy atom. The Kier molecular flexibility index (Phi) is 3.22. The molecule has 0 N–H and O–H groups in total. The van der Waals surface area contributed by atoms with Crippen molar-refractivity contribution in [3.05, 3.63) is 40.2 Å². The highest BCUT2D eigenvalue weighted by Gasteiger charge is 2.23. The molecule has 0 aromatic carbocycles. The van der Waals surface area contributed by atoms with Crippen molar-refractivity contribution in [3.8, 4) is 6.07 Å². The van der Waals surface area contributed by atoms with E-state index in [-0.39, 0.29) is 0 Å². The topological polar surface area (TPSA) is 49.3 Å². The van der Waals surface area contributed by atoms with Crippen molar-refractivity contribution in [1.82, 2.24) is 0 Å². The standard InChI is InChI=1S/C15H14N2OS/c1-10-4-5-12-13(8-16)15(19-14(12)7-10)17-9-11-3-2-6-18-11/h2-3,6,9-10H,4-5,7H2,1H3/t10-/m0/s1. The molecule has 0 amide bonds. The van der Waals surface area contributed by atoms with Gasteiger partial charge in [0.25, 0.3) is 0 Å². The number of aliphatic imine (C=N–C) groups is 1. The van der Waals surface area contributed by atoms with Gasteiger partial charge in [0.2, 0.25) is 0 Å². The van der Waals surface area contributed by atoms with Crippen molar-refractivity contribution in [2.45, 2.75) is 26.2 Å². The minimum atomic E-state index is 0.708. The molecule has 0 fully saturated rings. The van der Waals surface area contributed by atoms with Gasteiger partial charge >= 0.3 is 0 Å². The van der Waals surface area contributed by atoms with E-state index in [0.29, 0.717) is 11.7 Å². The van der Waals surface area contributed by atoms with Crippen molar-refractivity contribution in [3.63, 3.8) is 0 Å². The van der Waals surface area contributed by atoms with Crippen LogP contribution in [0.3, 0.4) is 0 Å². The predicted molar refractivity (Wildman–Crippen MR) is 76.2 cm³/mol. The normalized spacial score (nSPS) is 18.4. The lowest BCUT2D eigenvalue weighted by Gasteiger charge is -2.17. The lowest BCUT2D eigenvalue weighted by molar-refractivity contribution is 0.507. The van der Waals surface area contributed by atoms with Gasteiger partial charge in [-0.25, -0.2) is 4.99 Å². The monoisotopic (exact) mass is 270 g/mol. The number of nitrogens with zero attached hydrogens (tertiary/aromatic N) is 2. The number of fused-ring (bicyclic) bond motifs is 1. The van der Waals surface area contributed by atoms with Gasteiger partial charge in [0.15, 0.2) is 0 Å². The lowest BCUT2D eigenvalue weighted by atomic mass is 9.89. The molecule has 4 heteroatoms.